The van der Waals surface area contributed by atoms with Crippen LogP contribution in [0.5, 0.6) is 5.75 Å². The van der Waals surface area contributed by atoms with Crippen molar-refractivity contribution in [1.82, 2.24) is 5.32 Å². The molecule has 0 radical (unpaired) electrons. The van der Waals surface area contributed by atoms with Crippen molar-refractivity contribution in [3.63, 3.8) is 0 Å². The second kappa shape index (κ2) is 4.85. The van der Waals surface area contributed by atoms with E-state index < -0.39 is 15.6 Å². The molecule has 6 heteroatoms. The van der Waals surface area contributed by atoms with Crippen LogP contribution in [0.15, 0.2) is 29.3 Å². The Bertz CT molecular complexity index is 606. The van der Waals surface area contributed by atoms with Crippen LogP contribution in [0.25, 0.3) is 0 Å². The van der Waals surface area contributed by atoms with Crippen LogP contribution in [-0.2, 0) is 9.84 Å². The zero-order chi connectivity index (χ0) is 14.1. The summed E-state index contributed by atoms with van der Waals surface area (Å²) >= 11 is 0. The monoisotopic (exact) mass is 282 g/mol. The number of fused-ring (bicyclic) bond motifs is 1. The van der Waals surface area contributed by atoms with Gasteiger partial charge in [-0.25, -0.2) is 8.42 Å². The number of nitrogens with one attached hydrogen (secondary N) is 1. The first-order valence-electron chi connectivity index (χ1n) is 6.14. The van der Waals surface area contributed by atoms with E-state index in [0.29, 0.717) is 11.6 Å². The number of hydrogen-bond acceptors (Lipinski definition) is 4. The van der Waals surface area contributed by atoms with Crippen molar-refractivity contribution in [1.29, 1.82) is 0 Å². The van der Waals surface area contributed by atoms with E-state index in [1.165, 1.54) is 0 Å². The number of aliphatic imine (C=N–C) groups is 1. The molecule has 0 saturated carbocycles. The number of ether oxygens (including phenoxy) is 1. The Morgan fingerprint density at radius 3 is 2.68 bits per heavy atom. The second-order valence-corrected chi connectivity index (χ2v) is 7.22. The normalized spacial score (nSPS) is 19.4. The number of amidine groups is 1. The molecule has 0 bridgehead atoms. The van der Waals surface area contributed by atoms with Gasteiger partial charge in [0.05, 0.1) is 5.56 Å². The molecule has 1 aromatic carbocycles. The molecule has 1 aliphatic heterocycles. The molecule has 0 atom stereocenters. The van der Waals surface area contributed by atoms with Gasteiger partial charge in [-0.05, 0) is 26.0 Å². The van der Waals surface area contributed by atoms with Gasteiger partial charge in [0.1, 0.15) is 17.5 Å². The van der Waals surface area contributed by atoms with Crippen LogP contribution < -0.4 is 10.1 Å². The van der Waals surface area contributed by atoms with Gasteiger partial charge in [-0.3, -0.25) is 4.99 Å². The standard InChI is InChI=1S/C13H18N2O3S/c1-4-19(16,17)9-14-12-10-7-5-6-8-11(10)18-13(2,3)15-12/h5-8H,4,9H2,1-3H3,(H,14,15). The molecular weight excluding hydrogens is 264 g/mol. The lowest BCUT2D eigenvalue weighted by atomic mass is 10.1. The highest BCUT2D eigenvalue weighted by Gasteiger charge is 2.29. The van der Waals surface area contributed by atoms with Gasteiger partial charge in [0.2, 0.25) is 0 Å². The molecule has 0 aromatic heterocycles. The van der Waals surface area contributed by atoms with Gasteiger partial charge in [0.15, 0.2) is 15.6 Å². The highest BCUT2D eigenvalue weighted by molar-refractivity contribution is 7.91. The predicted octanol–water partition coefficient (Wildman–Crippen LogP) is 1.54. The van der Waals surface area contributed by atoms with Gasteiger partial charge >= 0.3 is 0 Å². The maximum absolute atomic E-state index is 11.5. The van der Waals surface area contributed by atoms with E-state index in [1.807, 2.05) is 38.1 Å². The Hall–Kier alpha value is -1.56. The van der Waals surface area contributed by atoms with Crippen molar-refractivity contribution in [2.24, 2.45) is 4.99 Å². The lowest BCUT2D eigenvalue weighted by Gasteiger charge is -2.35. The van der Waals surface area contributed by atoms with E-state index in [0.717, 1.165) is 5.56 Å². The number of sulfone groups is 1. The van der Waals surface area contributed by atoms with Gasteiger partial charge in [-0.1, -0.05) is 19.1 Å². The first kappa shape index (κ1) is 13.9. The molecule has 1 aromatic rings. The molecule has 0 amide bonds. The van der Waals surface area contributed by atoms with Crippen molar-refractivity contribution in [2.75, 3.05) is 11.6 Å². The fraction of sp³-hybridized carbons (Fsp3) is 0.462. The zero-order valence-corrected chi connectivity index (χ0v) is 12.1. The molecule has 0 unspecified atom stereocenters. The Kier molecular flexibility index (Phi) is 3.54. The molecule has 0 fully saturated rings. The summed E-state index contributed by atoms with van der Waals surface area (Å²) in [6.07, 6.45) is 0. The first-order valence-corrected chi connectivity index (χ1v) is 7.96. The SMILES string of the molecule is CCS(=O)(=O)C/N=C1/NC(C)(C)Oc2ccccc21. The van der Waals surface area contributed by atoms with E-state index in [4.69, 9.17) is 4.74 Å². The molecular formula is C13H18N2O3S. The highest BCUT2D eigenvalue weighted by Crippen LogP contribution is 2.27. The maximum atomic E-state index is 11.5. The molecule has 104 valence electrons. The number of benzene rings is 1. The van der Waals surface area contributed by atoms with E-state index in [2.05, 4.69) is 10.3 Å². The third kappa shape index (κ3) is 3.26. The van der Waals surface area contributed by atoms with Crippen LogP contribution in [0.3, 0.4) is 0 Å². The minimum Gasteiger partial charge on any atom is -0.468 e. The minimum absolute atomic E-state index is 0.0886. The van der Waals surface area contributed by atoms with E-state index in [9.17, 15) is 8.42 Å². The van der Waals surface area contributed by atoms with Gasteiger partial charge in [0, 0.05) is 5.75 Å². The molecule has 0 saturated heterocycles. The molecule has 1 aliphatic rings. The Morgan fingerprint density at radius 1 is 1.32 bits per heavy atom. The number of para-hydroxylation sites is 1. The van der Waals surface area contributed by atoms with Crippen LogP contribution >= 0.6 is 0 Å². The summed E-state index contributed by atoms with van der Waals surface area (Å²) < 4.78 is 28.9. The molecule has 1 heterocycles. The first-order chi connectivity index (χ1) is 8.83. The van der Waals surface area contributed by atoms with Crippen molar-refractivity contribution in [2.45, 2.75) is 26.5 Å². The second-order valence-electron chi connectivity index (χ2n) is 4.90. The topological polar surface area (TPSA) is 67.8 Å². The maximum Gasteiger partial charge on any atom is 0.176 e. The van der Waals surface area contributed by atoms with Crippen molar-refractivity contribution >= 4 is 15.7 Å². The molecule has 0 aliphatic carbocycles. The molecule has 2 rings (SSSR count). The van der Waals surface area contributed by atoms with Crippen LogP contribution in [0, 0.1) is 0 Å². The third-order valence-electron chi connectivity index (χ3n) is 2.79. The van der Waals surface area contributed by atoms with Crippen molar-refractivity contribution in [3.8, 4) is 5.75 Å². The quantitative estimate of drug-likeness (QED) is 0.913. The van der Waals surface area contributed by atoms with Gasteiger partial charge < -0.3 is 10.1 Å². The zero-order valence-electron chi connectivity index (χ0n) is 11.3. The van der Waals surface area contributed by atoms with Crippen LogP contribution in [0.4, 0.5) is 0 Å². The van der Waals surface area contributed by atoms with Crippen LogP contribution in [-0.4, -0.2) is 31.6 Å². The number of nitrogens with zero attached hydrogens (tertiary/aromatic N) is 1. The predicted molar refractivity (Wildman–Crippen MR) is 75.1 cm³/mol. The third-order valence-corrected chi connectivity index (χ3v) is 4.19. The number of hydrogen-bond donors (Lipinski definition) is 1. The number of rotatable bonds is 3. The van der Waals surface area contributed by atoms with Crippen molar-refractivity contribution < 1.29 is 13.2 Å². The van der Waals surface area contributed by atoms with E-state index in [-0.39, 0.29) is 11.6 Å². The van der Waals surface area contributed by atoms with E-state index in [1.54, 1.807) is 6.92 Å². The smallest absolute Gasteiger partial charge is 0.176 e. The summed E-state index contributed by atoms with van der Waals surface area (Å²) in [5, 5.41) is 3.11. The summed E-state index contributed by atoms with van der Waals surface area (Å²) in [5.41, 5.74) is 0.177. The van der Waals surface area contributed by atoms with Gasteiger partial charge in [-0.2, -0.15) is 0 Å². The summed E-state index contributed by atoms with van der Waals surface area (Å²) in [7, 11) is -3.13. The Morgan fingerprint density at radius 2 is 2.00 bits per heavy atom. The average molecular weight is 282 g/mol. The summed E-state index contributed by atoms with van der Waals surface area (Å²) in [6.45, 7) is 5.35. The molecule has 0 spiro atoms. The summed E-state index contributed by atoms with van der Waals surface area (Å²) in [4.78, 5) is 4.20. The molecule has 1 N–H and O–H groups in total. The summed E-state index contributed by atoms with van der Waals surface area (Å²) in [5.74, 6) is 1.14. The van der Waals surface area contributed by atoms with Crippen LogP contribution in [0.1, 0.15) is 26.3 Å². The van der Waals surface area contributed by atoms with Gasteiger partial charge in [0.25, 0.3) is 0 Å². The fourth-order valence-corrected chi connectivity index (χ4v) is 2.29. The Labute approximate surface area is 113 Å². The fourth-order valence-electron chi connectivity index (χ4n) is 1.78. The molecule has 19 heavy (non-hydrogen) atoms. The summed E-state index contributed by atoms with van der Waals surface area (Å²) in [6, 6.07) is 7.45. The lowest BCUT2D eigenvalue weighted by molar-refractivity contribution is 0.0865. The minimum atomic E-state index is -3.13. The highest BCUT2D eigenvalue weighted by atomic mass is 32.2. The van der Waals surface area contributed by atoms with Gasteiger partial charge in [-0.15, -0.1) is 0 Å². The largest absolute Gasteiger partial charge is 0.468 e. The molecule has 5 nitrogen and oxygen atoms in total. The lowest BCUT2D eigenvalue weighted by Crippen LogP contribution is -2.52. The van der Waals surface area contributed by atoms with Crippen LogP contribution in [0.2, 0.25) is 0 Å². The Balaban J connectivity index is 2.38. The van der Waals surface area contributed by atoms with E-state index >= 15 is 0 Å². The van der Waals surface area contributed by atoms with Crippen molar-refractivity contribution in [3.05, 3.63) is 29.8 Å². The average Bonchev–Trinajstić information content (AvgIpc) is 2.35.